The van der Waals surface area contributed by atoms with E-state index in [9.17, 15) is 4.79 Å². The van der Waals surface area contributed by atoms with Gasteiger partial charge in [-0.3, -0.25) is 4.79 Å². The number of benzene rings is 2. The van der Waals surface area contributed by atoms with E-state index < -0.39 is 0 Å². The summed E-state index contributed by atoms with van der Waals surface area (Å²) in [6.45, 7) is 4.16. The van der Waals surface area contributed by atoms with Crippen molar-refractivity contribution < 1.29 is 4.79 Å². The summed E-state index contributed by atoms with van der Waals surface area (Å²) >= 11 is 7.52. The van der Waals surface area contributed by atoms with E-state index in [1.807, 2.05) is 31.2 Å². The average molecular weight is 348 g/mol. The predicted octanol–water partition coefficient (Wildman–Crippen LogP) is 5.26. The second-order valence-corrected chi connectivity index (χ2v) is 7.04. The molecule has 1 unspecified atom stereocenters. The van der Waals surface area contributed by atoms with Gasteiger partial charge >= 0.3 is 0 Å². The van der Waals surface area contributed by atoms with Crippen LogP contribution in [0.15, 0.2) is 53.4 Å². The molecule has 122 valence electrons. The minimum absolute atomic E-state index is 0.0361. The molecule has 0 aliphatic rings. The second kappa shape index (κ2) is 8.99. The van der Waals surface area contributed by atoms with Crippen molar-refractivity contribution in [3.8, 4) is 0 Å². The Morgan fingerprint density at radius 3 is 2.39 bits per heavy atom. The van der Waals surface area contributed by atoms with Gasteiger partial charge in [-0.25, -0.2) is 0 Å². The quantitative estimate of drug-likeness (QED) is 0.692. The Hall–Kier alpha value is -1.45. The molecule has 0 saturated carbocycles. The van der Waals surface area contributed by atoms with E-state index in [4.69, 9.17) is 11.6 Å². The third kappa shape index (κ3) is 5.92. The fraction of sp³-hybridized carbons (Fsp3) is 0.316. The van der Waals surface area contributed by atoms with Crippen molar-refractivity contribution in [1.29, 1.82) is 0 Å². The smallest absolute Gasteiger partial charge is 0.221 e. The summed E-state index contributed by atoms with van der Waals surface area (Å²) < 4.78 is 0. The van der Waals surface area contributed by atoms with Gasteiger partial charge in [-0.15, -0.1) is 11.8 Å². The fourth-order valence-electron chi connectivity index (χ4n) is 2.23. The molecule has 0 saturated heterocycles. The van der Waals surface area contributed by atoms with E-state index in [1.54, 1.807) is 11.8 Å². The van der Waals surface area contributed by atoms with E-state index in [0.29, 0.717) is 6.42 Å². The first-order chi connectivity index (χ1) is 11.1. The molecule has 2 nitrogen and oxygen atoms in total. The van der Waals surface area contributed by atoms with Gasteiger partial charge in [-0.2, -0.15) is 0 Å². The van der Waals surface area contributed by atoms with Crippen LogP contribution in [0.1, 0.15) is 37.4 Å². The highest BCUT2D eigenvalue weighted by atomic mass is 35.5. The van der Waals surface area contributed by atoms with Crippen molar-refractivity contribution >= 4 is 29.3 Å². The van der Waals surface area contributed by atoms with Crippen LogP contribution in [-0.2, 0) is 11.2 Å². The van der Waals surface area contributed by atoms with E-state index in [2.05, 4.69) is 36.5 Å². The minimum Gasteiger partial charge on any atom is -0.350 e. The molecule has 2 aromatic carbocycles. The van der Waals surface area contributed by atoms with Gasteiger partial charge in [-0.1, -0.05) is 42.8 Å². The Morgan fingerprint density at radius 1 is 1.13 bits per heavy atom. The van der Waals surface area contributed by atoms with Crippen LogP contribution < -0.4 is 5.32 Å². The van der Waals surface area contributed by atoms with E-state index in [-0.39, 0.29) is 11.9 Å². The Labute approximate surface area is 147 Å². The number of carbonyl (C=O) groups is 1. The number of carbonyl (C=O) groups excluding carboxylic acids is 1. The minimum atomic E-state index is 0.0361. The number of hydrogen-bond acceptors (Lipinski definition) is 2. The molecule has 0 heterocycles. The summed E-state index contributed by atoms with van der Waals surface area (Å²) in [4.78, 5) is 13.2. The van der Waals surface area contributed by atoms with Crippen LogP contribution in [0.2, 0.25) is 5.02 Å². The van der Waals surface area contributed by atoms with Crippen molar-refractivity contribution in [3.63, 3.8) is 0 Å². The van der Waals surface area contributed by atoms with Gasteiger partial charge in [-0.05, 0) is 48.7 Å². The number of aryl methyl sites for hydroxylation is 1. The van der Waals surface area contributed by atoms with E-state index in [0.717, 1.165) is 27.7 Å². The van der Waals surface area contributed by atoms with Crippen LogP contribution in [0.3, 0.4) is 0 Å². The molecule has 0 aliphatic heterocycles. The summed E-state index contributed by atoms with van der Waals surface area (Å²) in [5, 5.41) is 3.79. The maximum Gasteiger partial charge on any atom is 0.221 e. The van der Waals surface area contributed by atoms with Gasteiger partial charge in [0, 0.05) is 22.1 Å². The summed E-state index contributed by atoms with van der Waals surface area (Å²) in [6, 6.07) is 16.1. The molecule has 0 radical (unpaired) electrons. The van der Waals surface area contributed by atoms with E-state index in [1.165, 1.54) is 5.56 Å². The summed E-state index contributed by atoms with van der Waals surface area (Å²) in [6.07, 6.45) is 1.54. The molecule has 2 aromatic rings. The van der Waals surface area contributed by atoms with Gasteiger partial charge in [0.25, 0.3) is 0 Å². The maximum absolute atomic E-state index is 12.0. The third-order valence-electron chi connectivity index (χ3n) is 3.68. The zero-order valence-corrected chi connectivity index (χ0v) is 15.1. The Balaban J connectivity index is 1.76. The molecule has 1 atom stereocenters. The van der Waals surface area contributed by atoms with Gasteiger partial charge < -0.3 is 5.32 Å². The van der Waals surface area contributed by atoms with Crippen molar-refractivity contribution in [2.24, 2.45) is 0 Å². The first-order valence-electron chi connectivity index (χ1n) is 7.85. The molecule has 0 spiro atoms. The molecule has 4 heteroatoms. The van der Waals surface area contributed by atoms with E-state index >= 15 is 0 Å². The lowest BCUT2D eigenvalue weighted by Crippen LogP contribution is -2.26. The average Bonchev–Trinajstić information content (AvgIpc) is 2.56. The normalized spacial score (nSPS) is 12.0. The van der Waals surface area contributed by atoms with Crippen molar-refractivity contribution in [1.82, 2.24) is 5.32 Å². The van der Waals surface area contributed by atoms with Crippen LogP contribution in [0.25, 0.3) is 0 Å². The van der Waals surface area contributed by atoms with Crippen molar-refractivity contribution in [2.45, 2.75) is 37.6 Å². The molecule has 0 fully saturated rings. The van der Waals surface area contributed by atoms with Crippen LogP contribution >= 0.6 is 23.4 Å². The molecule has 2 rings (SSSR count). The Morgan fingerprint density at radius 2 is 1.78 bits per heavy atom. The number of thioether (sulfide) groups is 1. The highest BCUT2D eigenvalue weighted by molar-refractivity contribution is 7.99. The lowest BCUT2D eigenvalue weighted by Gasteiger charge is -2.14. The first-order valence-corrected chi connectivity index (χ1v) is 9.21. The first kappa shape index (κ1) is 17.9. The van der Waals surface area contributed by atoms with Crippen molar-refractivity contribution in [2.75, 3.05) is 5.75 Å². The monoisotopic (exact) mass is 347 g/mol. The maximum atomic E-state index is 12.0. The SMILES string of the molecule is CCc1ccc(C(C)NC(=O)CCSc2ccc(Cl)cc2)cc1. The Kier molecular flexibility index (Phi) is 7.00. The lowest BCUT2D eigenvalue weighted by molar-refractivity contribution is -0.121. The van der Waals surface area contributed by atoms with Crippen LogP contribution in [0, 0.1) is 0 Å². The highest BCUT2D eigenvalue weighted by Gasteiger charge is 2.09. The van der Waals surface area contributed by atoms with Gasteiger partial charge in [0.2, 0.25) is 5.91 Å². The molecule has 0 aromatic heterocycles. The van der Waals surface area contributed by atoms with Crippen LogP contribution in [0.5, 0.6) is 0 Å². The molecule has 1 amide bonds. The number of amides is 1. The third-order valence-corrected chi connectivity index (χ3v) is 4.94. The number of halogens is 1. The molecule has 1 N–H and O–H groups in total. The van der Waals surface area contributed by atoms with Gasteiger partial charge in [0.15, 0.2) is 0 Å². The molecular weight excluding hydrogens is 326 g/mol. The summed E-state index contributed by atoms with van der Waals surface area (Å²) in [5.74, 6) is 0.841. The molecule has 23 heavy (non-hydrogen) atoms. The Bertz CT molecular complexity index is 625. The molecule has 0 bridgehead atoms. The van der Waals surface area contributed by atoms with Crippen molar-refractivity contribution in [3.05, 3.63) is 64.7 Å². The van der Waals surface area contributed by atoms with Gasteiger partial charge in [0.05, 0.1) is 6.04 Å². The summed E-state index contributed by atoms with van der Waals surface area (Å²) in [5.41, 5.74) is 2.45. The number of hydrogen-bond donors (Lipinski definition) is 1. The second-order valence-electron chi connectivity index (χ2n) is 5.44. The summed E-state index contributed by atoms with van der Waals surface area (Å²) in [7, 11) is 0. The predicted molar refractivity (Wildman–Crippen MR) is 99.2 cm³/mol. The fourth-order valence-corrected chi connectivity index (χ4v) is 3.21. The lowest BCUT2D eigenvalue weighted by atomic mass is 10.0. The topological polar surface area (TPSA) is 29.1 Å². The number of nitrogens with one attached hydrogen (secondary N) is 1. The zero-order chi connectivity index (χ0) is 16.7. The standard InChI is InChI=1S/C19H22ClNOS/c1-3-15-4-6-16(7-5-15)14(2)21-19(22)12-13-23-18-10-8-17(20)9-11-18/h4-11,14H,3,12-13H2,1-2H3,(H,21,22). The van der Waals surface area contributed by atoms with Crippen LogP contribution in [0.4, 0.5) is 0 Å². The zero-order valence-electron chi connectivity index (χ0n) is 13.5. The molecular formula is C19H22ClNOS. The highest BCUT2D eigenvalue weighted by Crippen LogP contribution is 2.21. The van der Waals surface area contributed by atoms with Gasteiger partial charge in [0.1, 0.15) is 0 Å². The number of rotatable bonds is 7. The largest absolute Gasteiger partial charge is 0.350 e. The van der Waals surface area contributed by atoms with Crippen LogP contribution in [-0.4, -0.2) is 11.7 Å². The molecule has 0 aliphatic carbocycles.